The molecule has 2 aliphatic rings. The van der Waals surface area contributed by atoms with Crippen LogP contribution in [0.3, 0.4) is 0 Å². The van der Waals surface area contributed by atoms with Crippen LogP contribution in [0.25, 0.3) is 0 Å². The Morgan fingerprint density at radius 1 is 1.41 bits per heavy atom. The van der Waals surface area contributed by atoms with Crippen LogP contribution >= 0.6 is 0 Å². The van der Waals surface area contributed by atoms with Gasteiger partial charge >= 0.3 is 0 Å². The number of ether oxygens (including phenoxy) is 1. The van der Waals surface area contributed by atoms with E-state index in [4.69, 9.17) is 4.74 Å². The average molecular weight is 231 g/mol. The summed E-state index contributed by atoms with van der Waals surface area (Å²) in [6, 6.07) is 9.43. The van der Waals surface area contributed by atoms with Crippen LogP contribution in [0.2, 0.25) is 0 Å². The second-order valence-corrected chi connectivity index (χ2v) is 5.25. The molecule has 0 radical (unpaired) electrons. The standard InChI is InChI=1S/C15H21NO/c1-2-16-13-8-10-17-15(11-13)9-7-12-5-3-4-6-14(12)15/h3-6,13,16H,2,7-11H2,1H3. The molecule has 1 heterocycles. The summed E-state index contributed by atoms with van der Waals surface area (Å²) in [6.45, 7) is 4.14. The van der Waals surface area contributed by atoms with Gasteiger partial charge in [0.05, 0.1) is 5.60 Å². The van der Waals surface area contributed by atoms with Crippen molar-refractivity contribution in [2.75, 3.05) is 13.2 Å². The normalized spacial score (nSPS) is 31.7. The van der Waals surface area contributed by atoms with E-state index in [9.17, 15) is 0 Å². The van der Waals surface area contributed by atoms with Crippen LogP contribution in [0.5, 0.6) is 0 Å². The number of aryl methyl sites for hydroxylation is 1. The Labute approximate surface area is 103 Å². The third kappa shape index (κ3) is 1.90. The molecular weight excluding hydrogens is 210 g/mol. The van der Waals surface area contributed by atoms with Gasteiger partial charge < -0.3 is 10.1 Å². The van der Waals surface area contributed by atoms with Crippen LogP contribution in [-0.2, 0) is 16.8 Å². The Balaban J connectivity index is 1.87. The molecule has 3 rings (SSSR count). The third-order valence-corrected chi connectivity index (χ3v) is 4.22. The molecule has 1 N–H and O–H groups in total. The first-order chi connectivity index (χ1) is 8.34. The van der Waals surface area contributed by atoms with Crippen molar-refractivity contribution < 1.29 is 4.74 Å². The SMILES string of the molecule is CCNC1CCOC2(CCc3ccccc32)C1. The van der Waals surface area contributed by atoms with E-state index < -0.39 is 0 Å². The first-order valence-corrected chi connectivity index (χ1v) is 6.80. The molecule has 2 unspecified atom stereocenters. The lowest BCUT2D eigenvalue weighted by molar-refractivity contribution is -0.0927. The Morgan fingerprint density at radius 2 is 2.29 bits per heavy atom. The second-order valence-electron chi connectivity index (χ2n) is 5.25. The van der Waals surface area contributed by atoms with Crippen LogP contribution < -0.4 is 5.32 Å². The number of nitrogens with one attached hydrogen (secondary N) is 1. The summed E-state index contributed by atoms with van der Waals surface area (Å²) >= 11 is 0. The summed E-state index contributed by atoms with van der Waals surface area (Å²) in [4.78, 5) is 0. The molecule has 0 amide bonds. The fraction of sp³-hybridized carbons (Fsp3) is 0.600. The van der Waals surface area contributed by atoms with Gasteiger partial charge in [0.2, 0.25) is 0 Å². The van der Waals surface area contributed by atoms with Gasteiger partial charge in [-0.05, 0) is 43.4 Å². The molecule has 0 aromatic heterocycles. The van der Waals surface area contributed by atoms with Crippen molar-refractivity contribution in [1.29, 1.82) is 0 Å². The molecule has 17 heavy (non-hydrogen) atoms. The Kier molecular flexibility index (Phi) is 2.93. The molecule has 92 valence electrons. The highest BCUT2D eigenvalue weighted by Gasteiger charge is 2.43. The highest BCUT2D eigenvalue weighted by atomic mass is 16.5. The highest BCUT2D eigenvalue weighted by Crippen LogP contribution is 2.45. The second kappa shape index (κ2) is 4.43. The van der Waals surface area contributed by atoms with E-state index in [0.717, 1.165) is 32.4 Å². The molecule has 0 saturated carbocycles. The van der Waals surface area contributed by atoms with Crippen molar-refractivity contribution in [1.82, 2.24) is 5.32 Å². The van der Waals surface area contributed by atoms with E-state index in [0.29, 0.717) is 6.04 Å². The van der Waals surface area contributed by atoms with Gasteiger partial charge in [0, 0.05) is 12.6 Å². The Morgan fingerprint density at radius 3 is 3.18 bits per heavy atom. The number of hydrogen-bond acceptors (Lipinski definition) is 2. The molecule has 2 heteroatoms. The van der Waals surface area contributed by atoms with Crippen molar-refractivity contribution in [3.63, 3.8) is 0 Å². The van der Waals surface area contributed by atoms with Gasteiger partial charge in [-0.3, -0.25) is 0 Å². The van der Waals surface area contributed by atoms with Gasteiger partial charge in [0.25, 0.3) is 0 Å². The first kappa shape index (κ1) is 11.2. The third-order valence-electron chi connectivity index (χ3n) is 4.22. The fourth-order valence-corrected chi connectivity index (χ4v) is 3.43. The molecule has 1 aliphatic carbocycles. The van der Waals surface area contributed by atoms with Crippen LogP contribution in [0, 0.1) is 0 Å². The zero-order valence-electron chi connectivity index (χ0n) is 10.5. The van der Waals surface area contributed by atoms with Crippen LogP contribution in [-0.4, -0.2) is 19.2 Å². The number of benzene rings is 1. The number of rotatable bonds is 2. The molecule has 2 nitrogen and oxygen atoms in total. The lowest BCUT2D eigenvalue weighted by Gasteiger charge is -2.39. The molecular formula is C15H21NO. The van der Waals surface area contributed by atoms with Gasteiger partial charge in [-0.25, -0.2) is 0 Å². The topological polar surface area (TPSA) is 21.3 Å². The lowest BCUT2D eigenvalue weighted by atomic mass is 9.85. The van der Waals surface area contributed by atoms with Crippen LogP contribution in [0.4, 0.5) is 0 Å². The largest absolute Gasteiger partial charge is 0.370 e. The van der Waals surface area contributed by atoms with E-state index >= 15 is 0 Å². The maximum atomic E-state index is 6.19. The van der Waals surface area contributed by atoms with Gasteiger partial charge in [-0.15, -0.1) is 0 Å². The zero-order chi connectivity index (χ0) is 11.7. The van der Waals surface area contributed by atoms with Gasteiger partial charge in [0.1, 0.15) is 0 Å². The molecule has 1 aliphatic heterocycles. The average Bonchev–Trinajstić information content (AvgIpc) is 2.70. The predicted octanol–water partition coefficient (Wildman–Crippen LogP) is 2.62. The van der Waals surface area contributed by atoms with Crippen molar-refractivity contribution >= 4 is 0 Å². The predicted molar refractivity (Wildman–Crippen MR) is 69.1 cm³/mol. The maximum Gasteiger partial charge on any atom is 0.0951 e. The van der Waals surface area contributed by atoms with E-state index in [2.05, 4.69) is 36.5 Å². The fourth-order valence-electron chi connectivity index (χ4n) is 3.43. The van der Waals surface area contributed by atoms with E-state index in [1.54, 1.807) is 0 Å². The molecule has 1 saturated heterocycles. The Hall–Kier alpha value is -0.860. The smallest absolute Gasteiger partial charge is 0.0951 e. The summed E-state index contributed by atoms with van der Waals surface area (Å²) in [5.74, 6) is 0. The first-order valence-electron chi connectivity index (χ1n) is 6.80. The summed E-state index contributed by atoms with van der Waals surface area (Å²) in [5.41, 5.74) is 2.95. The molecule has 1 fully saturated rings. The molecule has 0 bridgehead atoms. The highest BCUT2D eigenvalue weighted by molar-refractivity contribution is 5.37. The minimum Gasteiger partial charge on any atom is -0.370 e. The minimum absolute atomic E-state index is 0.0156. The maximum absolute atomic E-state index is 6.19. The molecule has 1 aromatic rings. The summed E-state index contributed by atoms with van der Waals surface area (Å²) in [7, 11) is 0. The zero-order valence-corrected chi connectivity index (χ0v) is 10.5. The summed E-state index contributed by atoms with van der Waals surface area (Å²) in [6.07, 6.45) is 4.62. The van der Waals surface area contributed by atoms with Crippen LogP contribution in [0.1, 0.15) is 37.3 Å². The van der Waals surface area contributed by atoms with Crippen molar-refractivity contribution in [2.24, 2.45) is 0 Å². The van der Waals surface area contributed by atoms with E-state index in [-0.39, 0.29) is 5.60 Å². The molecule has 1 spiro atoms. The van der Waals surface area contributed by atoms with Crippen molar-refractivity contribution in [2.45, 2.75) is 44.2 Å². The van der Waals surface area contributed by atoms with E-state index in [1.165, 1.54) is 17.5 Å². The van der Waals surface area contributed by atoms with Gasteiger partial charge in [0.15, 0.2) is 0 Å². The van der Waals surface area contributed by atoms with Gasteiger partial charge in [-0.2, -0.15) is 0 Å². The Bertz CT molecular complexity index is 398. The van der Waals surface area contributed by atoms with Gasteiger partial charge in [-0.1, -0.05) is 31.2 Å². The molecule has 1 aromatic carbocycles. The summed E-state index contributed by atoms with van der Waals surface area (Å²) < 4.78 is 6.19. The monoisotopic (exact) mass is 231 g/mol. The van der Waals surface area contributed by atoms with Crippen molar-refractivity contribution in [3.8, 4) is 0 Å². The lowest BCUT2D eigenvalue weighted by Crippen LogP contribution is -2.44. The minimum atomic E-state index is 0.0156. The number of fused-ring (bicyclic) bond motifs is 2. The van der Waals surface area contributed by atoms with Crippen molar-refractivity contribution in [3.05, 3.63) is 35.4 Å². The van der Waals surface area contributed by atoms with E-state index in [1.807, 2.05) is 0 Å². The molecule has 2 atom stereocenters. The quantitative estimate of drug-likeness (QED) is 0.845. The number of hydrogen-bond donors (Lipinski definition) is 1. The van der Waals surface area contributed by atoms with Crippen LogP contribution in [0.15, 0.2) is 24.3 Å². The summed E-state index contributed by atoms with van der Waals surface area (Å²) in [5, 5.41) is 3.59.